The smallest absolute Gasteiger partial charge is 0.327 e. The van der Waals surface area contributed by atoms with E-state index < -0.39 is 0 Å². The number of esters is 1. The molecule has 0 fully saturated rings. The molecule has 1 rings (SSSR count). The van der Waals surface area contributed by atoms with Crippen molar-refractivity contribution in [3.05, 3.63) is 12.2 Å². The minimum Gasteiger partial charge on any atom is -0.468 e. The third kappa shape index (κ3) is 2.31. The van der Waals surface area contributed by atoms with Crippen molar-refractivity contribution in [3.8, 4) is 0 Å². The molecule has 0 aliphatic carbocycles. The molecule has 1 heterocycles. The summed E-state index contributed by atoms with van der Waals surface area (Å²) in [7, 11) is 1.36. The van der Waals surface area contributed by atoms with Crippen molar-refractivity contribution in [1.82, 2.24) is 14.8 Å². The van der Waals surface area contributed by atoms with E-state index in [0.717, 1.165) is 5.82 Å². The van der Waals surface area contributed by atoms with E-state index >= 15 is 0 Å². The molecule has 1 aromatic heterocycles. The molecule has 0 radical (unpaired) electrons. The summed E-state index contributed by atoms with van der Waals surface area (Å²) in [5.74, 6) is 0.462. The first-order valence-corrected chi connectivity index (χ1v) is 4.40. The molecule has 0 aliphatic rings. The number of ether oxygens (including phenoxy) is 1. The molecule has 0 atom stereocenters. The van der Waals surface area contributed by atoms with Crippen molar-refractivity contribution in [1.29, 1.82) is 0 Å². The van der Waals surface area contributed by atoms with Crippen LogP contribution in [0.5, 0.6) is 0 Å². The van der Waals surface area contributed by atoms with Gasteiger partial charge in [-0.25, -0.2) is 9.67 Å². The van der Waals surface area contributed by atoms with Crippen LogP contribution < -0.4 is 0 Å². The van der Waals surface area contributed by atoms with Crippen molar-refractivity contribution in [2.75, 3.05) is 7.11 Å². The van der Waals surface area contributed by atoms with Gasteiger partial charge in [-0.2, -0.15) is 5.10 Å². The monoisotopic (exact) mass is 197 g/mol. The van der Waals surface area contributed by atoms with Gasteiger partial charge in [0.25, 0.3) is 0 Å². The van der Waals surface area contributed by atoms with Crippen molar-refractivity contribution in [2.24, 2.45) is 0 Å². The van der Waals surface area contributed by atoms with Gasteiger partial charge in [0.2, 0.25) is 0 Å². The predicted molar refractivity (Wildman–Crippen MR) is 50.7 cm³/mol. The van der Waals surface area contributed by atoms with E-state index in [1.165, 1.54) is 13.4 Å². The summed E-state index contributed by atoms with van der Waals surface area (Å²) in [6.07, 6.45) is 1.45. The molecule has 0 bridgehead atoms. The van der Waals surface area contributed by atoms with Gasteiger partial charge in [-0.3, -0.25) is 4.79 Å². The molecule has 0 amide bonds. The fourth-order valence-corrected chi connectivity index (χ4v) is 1.15. The maximum Gasteiger partial charge on any atom is 0.327 e. The lowest BCUT2D eigenvalue weighted by Crippen LogP contribution is -2.23. The Bertz CT molecular complexity index is 325. The van der Waals surface area contributed by atoms with Crippen LogP contribution in [0.25, 0.3) is 0 Å². The maximum absolute atomic E-state index is 11.0. The number of hydrogen-bond donors (Lipinski definition) is 0. The van der Waals surface area contributed by atoms with E-state index in [1.807, 2.05) is 20.8 Å². The number of methoxy groups -OCH3 is 1. The molecule has 0 saturated heterocycles. The van der Waals surface area contributed by atoms with Gasteiger partial charge in [0.05, 0.1) is 7.11 Å². The molecule has 0 unspecified atom stereocenters. The van der Waals surface area contributed by atoms with Crippen LogP contribution >= 0.6 is 0 Å². The molecule has 0 aliphatic heterocycles. The second-order valence-electron chi connectivity index (χ2n) is 4.07. The number of carbonyl (C=O) groups is 1. The minimum absolute atomic E-state index is 0.114. The number of aromatic nitrogens is 3. The van der Waals surface area contributed by atoms with E-state index in [2.05, 4.69) is 14.8 Å². The Morgan fingerprint density at radius 1 is 1.57 bits per heavy atom. The highest BCUT2D eigenvalue weighted by molar-refractivity contribution is 5.68. The number of hydrogen-bond acceptors (Lipinski definition) is 4. The molecule has 5 heteroatoms. The van der Waals surface area contributed by atoms with Crippen molar-refractivity contribution < 1.29 is 9.53 Å². The largest absolute Gasteiger partial charge is 0.468 e. The molecular formula is C9H15N3O2. The van der Waals surface area contributed by atoms with Gasteiger partial charge in [-0.15, -0.1) is 0 Å². The summed E-state index contributed by atoms with van der Waals surface area (Å²) >= 11 is 0. The van der Waals surface area contributed by atoms with Crippen LogP contribution in [0, 0.1) is 0 Å². The second-order valence-corrected chi connectivity index (χ2v) is 4.07. The van der Waals surface area contributed by atoms with Gasteiger partial charge in [-0.1, -0.05) is 20.8 Å². The van der Waals surface area contributed by atoms with Crippen LogP contribution in [0.1, 0.15) is 26.6 Å². The zero-order chi connectivity index (χ0) is 10.8. The van der Waals surface area contributed by atoms with Crippen LogP contribution in [0.4, 0.5) is 0 Å². The van der Waals surface area contributed by atoms with Gasteiger partial charge in [0.15, 0.2) is 0 Å². The van der Waals surface area contributed by atoms with Crippen LogP contribution in [0.15, 0.2) is 6.33 Å². The van der Waals surface area contributed by atoms with Crippen molar-refractivity contribution in [2.45, 2.75) is 32.7 Å². The van der Waals surface area contributed by atoms with Gasteiger partial charge < -0.3 is 4.74 Å². The number of rotatable bonds is 2. The van der Waals surface area contributed by atoms with E-state index in [0.29, 0.717) is 0 Å². The van der Waals surface area contributed by atoms with E-state index in [4.69, 9.17) is 0 Å². The lowest BCUT2D eigenvalue weighted by Gasteiger charge is -2.17. The first-order chi connectivity index (χ1) is 6.45. The van der Waals surface area contributed by atoms with Gasteiger partial charge in [-0.05, 0) is 0 Å². The first-order valence-electron chi connectivity index (χ1n) is 4.40. The zero-order valence-corrected chi connectivity index (χ0v) is 8.94. The Labute approximate surface area is 83.1 Å². The summed E-state index contributed by atoms with van der Waals surface area (Å²) in [6, 6.07) is 0. The number of carbonyl (C=O) groups excluding carboxylic acids is 1. The molecule has 78 valence electrons. The van der Waals surface area contributed by atoms with E-state index in [-0.39, 0.29) is 17.9 Å². The molecule has 1 aromatic rings. The Balaban J connectivity index is 2.88. The minimum atomic E-state index is -0.319. The lowest BCUT2D eigenvalue weighted by molar-refractivity contribution is -0.141. The summed E-state index contributed by atoms with van der Waals surface area (Å²) < 4.78 is 6.12. The normalized spacial score (nSPS) is 11.4. The average molecular weight is 197 g/mol. The highest BCUT2D eigenvalue weighted by atomic mass is 16.5. The molecule has 0 saturated carbocycles. The van der Waals surface area contributed by atoms with Crippen LogP contribution in [0.3, 0.4) is 0 Å². The van der Waals surface area contributed by atoms with Crippen molar-refractivity contribution in [3.63, 3.8) is 0 Å². The van der Waals surface area contributed by atoms with Crippen LogP contribution in [-0.2, 0) is 21.5 Å². The third-order valence-electron chi connectivity index (χ3n) is 1.79. The highest BCUT2D eigenvalue weighted by Gasteiger charge is 2.21. The molecule has 14 heavy (non-hydrogen) atoms. The fraction of sp³-hybridized carbons (Fsp3) is 0.667. The van der Waals surface area contributed by atoms with E-state index in [9.17, 15) is 4.79 Å². The Morgan fingerprint density at radius 3 is 2.71 bits per heavy atom. The lowest BCUT2D eigenvalue weighted by atomic mass is 9.96. The number of nitrogens with zero attached hydrogens (tertiary/aromatic N) is 3. The third-order valence-corrected chi connectivity index (χ3v) is 1.79. The Morgan fingerprint density at radius 2 is 2.21 bits per heavy atom. The molecule has 5 nitrogen and oxygen atoms in total. The standard InChI is InChI=1S/C9H15N3O2/c1-9(2,3)8-10-6-11-12(8)5-7(13)14-4/h6H,5H2,1-4H3. The van der Waals surface area contributed by atoms with Crippen LogP contribution in [0.2, 0.25) is 0 Å². The quantitative estimate of drug-likeness (QED) is 0.656. The highest BCUT2D eigenvalue weighted by Crippen LogP contribution is 2.18. The summed E-state index contributed by atoms with van der Waals surface area (Å²) in [4.78, 5) is 15.2. The summed E-state index contributed by atoms with van der Waals surface area (Å²) in [5.41, 5.74) is -0.121. The van der Waals surface area contributed by atoms with E-state index in [1.54, 1.807) is 4.68 Å². The van der Waals surface area contributed by atoms with Gasteiger partial charge in [0.1, 0.15) is 18.7 Å². The molecule has 0 spiro atoms. The Kier molecular flexibility index (Phi) is 2.88. The zero-order valence-electron chi connectivity index (χ0n) is 8.94. The average Bonchev–Trinajstić information content (AvgIpc) is 2.51. The van der Waals surface area contributed by atoms with Crippen LogP contribution in [-0.4, -0.2) is 27.8 Å². The van der Waals surface area contributed by atoms with Gasteiger partial charge in [0, 0.05) is 5.41 Å². The Hall–Kier alpha value is -1.39. The second kappa shape index (κ2) is 3.77. The topological polar surface area (TPSA) is 57.0 Å². The molecule has 0 aromatic carbocycles. The predicted octanol–water partition coefficient (Wildman–Crippen LogP) is 0.749. The summed E-state index contributed by atoms with van der Waals surface area (Å²) in [6.45, 7) is 6.17. The van der Waals surface area contributed by atoms with Crippen molar-refractivity contribution >= 4 is 5.97 Å². The molecular weight excluding hydrogens is 182 g/mol. The molecule has 0 N–H and O–H groups in total. The fourth-order valence-electron chi connectivity index (χ4n) is 1.15. The first kappa shape index (κ1) is 10.7. The summed E-state index contributed by atoms with van der Waals surface area (Å²) in [5, 5.41) is 3.98. The maximum atomic E-state index is 11.0. The van der Waals surface area contributed by atoms with Gasteiger partial charge >= 0.3 is 5.97 Å². The SMILES string of the molecule is COC(=O)Cn1ncnc1C(C)(C)C.